The average Bonchev–Trinajstić information content (AvgIpc) is 2.06. The van der Waals surface area contributed by atoms with Crippen molar-refractivity contribution in [1.29, 1.82) is 0 Å². The smallest absolute Gasteiger partial charge is 0.261 e. The van der Waals surface area contributed by atoms with E-state index in [1.165, 1.54) is 25.5 Å². The standard InChI is InChI=1S/C7H9F2N3/c1-7(10,6(8)9)5-4-11-2-3-12-5/h2-4,6H,10H2,1H3. The molecule has 5 heteroatoms. The Labute approximate surface area is 68.6 Å². The summed E-state index contributed by atoms with van der Waals surface area (Å²) in [5.74, 6) is 0. The fourth-order valence-corrected chi connectivity index (χ4v) is 0.689. The maximum absolute atomic E-state index is 12.3. The maximum atomic E-state index is 12.3. The minimum absolute atomic E-state index is 0.0972. The van der Waals surface area contributed by atoms with Crippen LogP contribution >= 0.6 is 0 Å². The molecule has 0 aliphatic heterocycles. The third-order valence-electron chi connectivity index (χ3n) is 1.57. The summed E-state index contributed by atoms with van der Waals surface area (Å²) in [6.45, 7) is 1.22. The third kappa shape index (κ3) is 1.55. The molecular weight excluding hydrogens is 164 g/mol. The molecule has 0 amide bonds. The molecule has 0 aromatic carbocycles. The summed E-state index contributed by atoms with van der Waals surface area (Å²) in [4.78, 5) is 7.36. The molecule has 0 spiro atoms. The van der Waals surface area contributed by atoms with Crippen LogP contribution in [0.25, 0.3) is 0 Å². The van der Waals surface area contributed by atoms with Crippen molar-refractivity contribution in [2.75, 3.05) is 0 Å². The van der Waals surface area contributed by atoms with Gasteiger partial charge >= 0.3 is 0 Å². The Bertz CT molecular complexity index is 248. The number of nitrogens with two attached hydrogens (primary N) is 1. The molecule has 1 heterocycles. The molecule has 12 heavy (non-hydrogen) atoms. The van der Waals surface area contributed by atoms with Gasteiger partial charge in [-0.3, -0.25) is 9.97 Å². The number of aromatic nitrogens is 2. The van der Waals surface area contributed by atoms with Gasteiger partial charge in [0.15, 0.2) is 0 Å². The Hall–Kier alpha value is -1.10. The zero-order valence-electron chi connectivity index (χ0n) is 6.54. The molecule has 0 fully saturated rings. The molecular formula is C7H9F2N3. The van der Waals surface area contributed by atoms with Crippen LogP contribution in [0.4, 0.5) is 8.78 Å². The molecule has 1 rings (SSSR count). The van der Waals surface area contributed by atoms with Crippen LogP contribution in [-0.4, -0.2) is 16.4 Å². The second-order valence-electron chi connectivity index (χ2n) is 2.67. The summed E-state index contributed by atoms with van der Waals surface area (Å²) < 4.78 is 24.6. The molecule has 66 valence electrons. The topological polar surface area (TPSA) is 51.8 Å². The van der Waals surface area contributed by atoms with Gasteiger partial charge in [-0.1, -0.05) is 0 Å². The van der Waals surface area contributed by atoms with Crippen molar-refractivity contribution in [3.05, 3.63) is 24.3 Å². The summed E-state index contributed by atoms with van der Waals surface area (Å²) in [5.41, 5.74) is 3.71. The minimum atomic E-state index is -2.64. The Balaban J connectivity index is 2.98. The number of nitrogens with zero attached hydrogens (tertiary/aromatic N) is 2. The van der Waals surface area contributed by atoms with E-state index < -0.39 is 12.0 Å². The summed E-state index contributed by atoms with van der Waals surface area (Å²) in [7, 11) is 0. The number of rotatable bonds is 2. The quantitative estimate of drug-likeness (QED) is 0.723. The van der Waals surface area contributed by atoms with Gasteiger partial charge in [-0.25, -0.2) is 8.78 Å². The lowest BCUT2D eigenvalue weighted by molar-refractivity contribution is 0.0599. The summed E-state index contributed by atoms with van der Waals surface area (Å²) in [5, 5.41) is 0. The Kier molecular flexibility index (Phi) is 2.32. The van der Waals surface area contributed by atoms with Gasteiger partial charge in [-0.05, 0) is 6.92 Å². The van der Waals surface area contributed by atoms with Crippen molar-refractivity contribution >= 4 is 0 Å². The van der Waals surface area contributed by atoms with Crippen LogP contribution in [0.5, 0.6) is 0 Å². The van der Waals surface area contributed by atoms with Crippen molar-refractivity contribution in [1.82, 2.24) is 9.97 Å². The molecule has 0 bridgehead atoms. The molecule has 0 aliphatic rings. The zero-order chi connectivity index (χ0) is 9.19. The fraction of sp³-hybridized carbons (Fsp3) is 0.429. The van der Waals surface area contributed by atoms with Crippen LogP contribution in [0.3, 0.4) is 0 Å². The predicted molar refractivity (Wildman–Crippen MR) is 39.6 cm³/mol. The first-order chi connectivity index (χ1) is 5.55. The van der Waals surface area contributed by atoms with Crippen molar-refractivity contribution in [2.24, 2.45) is 5.73 Å². The number of halogens is 2. The van der Waals surface area contributed by atoms with Crippen LogP contribution in [0, 0.1) is 0 Å². The molecule has 0 saturated heterocycles. The Morgan fingerprint density at radius 2 is 2.17 bits per heavy atom. The average molecular weight is 173 g/mol. The molecule has 1 aromatic heterocycles. The van der Waals surface area contributed by atoms with E-state index in [-0.39, 0.29) is 5.69 Å². The van der Waals surface area contributed by atoms with Gasteiger partial charge in [0.05, 0.1) is 11.9 Å². The van der Waals surface area contributed by atoms with Gasteiger partial charge < -0.3 is 5.73 Å². The highest BCUT2D eigenvalue weighted by molar-refractivity contribution is 5.09. The van der Waals surface area contributed by atoms with Crippen molar-refractivity contribution in [3.8, 4) is 0 Å². The van der Waals surface area contributed by atoms with Crippen LogP contribution < -0.4 is 5.73 Å². The SMILES string of the molecule is CC(N)(c1cnccn1)C(F)F. The van der Waals surface area contributed by atoms with Crippen molar-refractivity contribution in [2.45, 2.75) is 18.9 Å². The highest BCUT2D eigenvalue weighted by atomic mass is 19.3. The first kappa shape index (κ1) is 8.99. The van der Waals surface area contributed by atoms with Crippen LogP contribution in [0.1, 0.15) is 12.6 Å². The lowest BCUT2D eigenvalue weighted by atomic mass is 10.0. The summed E-state index contributed by atoms with van der Waals surface area (Å²) >= 11 is 0. The Morgan fingerprint density at radius 3 is 2.58 bits per heavy atom. The van der Waals surface area contributed by atoms with E-state index in [2.05, 4.69) is 9.97 Å². The molecule has 2 N–H and O–H groups in total. The highest BCUT2D eigenvalue weighted by Gasteiger charge is 2.33. The molecule has 0 saturated carbocycles. The third-order valence-corrected chi connectivity index (χ3v) is 1.57. The number of alkyl halides is 2. The minimum Gasteiger partial charge on any atom is -0.316 e. The predicted octanol–water partition coefficient (Wildman–Crippen LogP) is 0.916. The first-order valence-electron chi connectivity index (χ1n) is 3.38. The first-order valence-corrected chi connectivity index (χ1v) is 3.38. The second kappa shape index (κ2) is 3.10. The van der Waals surface area contributed by atoms with Gasteiger partial charge in [-0.2, -0.15) is 0 Å². The number of hydrogen-bond donors (Lipinski definition) is 1. The van der Waals surface area contributed by atoms with Gasteiger partial charge in [0.25, 0.3) is 6.43 Å². The number of hydrogen-bond acceptors (Lipinski definition) is 3. The van der Waals surface area contributed by atoms with E-state index in [9.17, 15) is 8.78 Å². The molecule has 0 aliphatic carbocycles. The van der Waals surface area contributed by atoms with Gasteiger partial charge in [0.2, 0.25) is 0 Å². The van der Waals surface area contributed by atoms with Crippen molar-refractivity contribution in [3.63, 3.8) is 0 Å². The lowest BCUT2D eigenvalue weighted by Gasteiger charge is -2.21. The molecule has 1 unspecified atom stereocenters. The molecule has 1 aromatic rings. The molecule has 0 radical (unpaired) electrons. The van der Waals surface area contributed by atoms with Crippen LogP contribution in [0.2, 0.25) is 0 Å². The normalized spacial score (nSPS) is 16.1. The Morgan fingerprint density at radius 1 is 1.50 bits per heavy atom. The maximum Gasteiger partial charge on any atom is 0.261 e. The van der Waals surface area contributed by atoms with Gasteiger partial charge in [0.1, 0.15) is 5.54 Å². The van der Waals surface area contributed by atoms with Crippen LogP contribution in [0.15, 0.2) is 18.6 Å². The lowest BCUT2D eigenvalue weighted by Crippen LogP contribution is -2.41. The van der Waals surface area contributed by atoms with E-state index in [0.29, 0.717) is 0 Å². The monoisotopic (exact) mass is 173 g/mol. The van der Waals surface area contributed by atoms with E-state index >= 15 is 0 Å². The molecule has 1 atom stereocenters. The molecule has 3 nitrogen and oxygen atoms in total. The van der Waals surface area contributed by atoms with Gasteiger partial charge in [-0.15, -0.1) is 0 Å². The van der Waals surface area contributed by atoms with E-state index in [1.54, 1.807) is 0 Å². The fourth-order valence-electron chi connectivity index (χ4n) is 0.689. The zero-order valence-corrected chi connectivity index (χ0v) is 6.54. The van der Waals surface area contributed by atoms with E-state index in [4.69, 9.17) is 5.73 Å². The summed E-state index contributed by atoms with van der Waals surface area (Å²) in [6.07, 6.45) is 1.34. The van der Waals surface area contributed by atoms with Crippen LogP contribution in [-0.2, 0) is 5.54 Å². The van der Waals surface area contributed by atoms with E-state index in [0.717, 1.165) is 0 Å². The van der Waals surface area contributed by atoms with Crippen molar-refractivity contribution < 1.29 is 8.78 Å². The second-order valence-corrected chi connectivity index (χ2v) is 2.67. The summed E-state index contributed by atoms with van der Waals surface area (Å²) in [6, 6.07) is 0. The highest BCUT2D eigenvalue weighted by Crippen LogP contribution is 2.21. The van der Waals surface area contributed by atoms with Gasteiger partial charge in [0, 0.05) is 12.4 Å². The van der Waals surface area contributed by atoms with E-state index in [1.807, 2.05) is 0 Å². The largest absolute Gasteiger partial charge is 0.316 e.